The van der Waals surface area contributed by atoms with Gasteiger partial charge in [-0.05, 0) is 37.0 Å². The first kappa shape index (κ1) is 12.9. The molecular weight excluding hydrogens is 266 g/mol. The van der Waals surface area contributed by atoms with Crippen LogP contribution in [0.2, 0.25) is 0 Å². The van der Waals surface area contributed by atoms with Crippen molar-refractivity contribution < 1.29 is 4.74 Å². The summed E-state index contributed by atoms with van der Waals surface area (Å²) in [6.07, 6.45) is 7.15. The summed E-state index contributed by atoms with van der Waals surface area (Å²) in [6.45, 7) is 2.65. The highest BCUT2D eigenvalue weighted by molar-refractivity contribution is 5.24. The van der Waals surface area contributed by atoms with Gasteiger partial charge >= 0.3 is 0 Å². The lowest BCUT2D eigenvalue weighted by atomic mass is 10.1. The van der Waals surface area contributed by atoms with Crippen LogP contribution < -0.4 is 5.32 Å². The van der Waals surface area contributed by atoms with Crippen LogP contribution in [0.4, 0.5) is 0 Å². The van der Waals surface area contributed by atoms with E-state index < -0.39 is 0 Å². The monoisotopic (exact) mass is 285 g/mol. The Hall–Kier alpha value is -1.79. The lowest BCUT2D eigenvalue weighted by molar-refractivity contribution is 0.00677. The van der Waals surface area contributed by atoms with Gasteiger partial charge in [-0.3, -0.25) is 4.98 Å². The molecule has 0 amide bonds. The first-order valence-corrected chi connectivity index (χ1v) is 7.61. The second kappa shape index (κ2) is 5.54. The summed E-state index contributed by atoms with van der Waals surface area (Å²) in [5.74, 6) is 1.97. The Morgan fingerprint density at radius 3 is 2.81 bits per heavy atom. The Kier molecular flexibility index (Phi) is 3.40. The third kappa shape index (κ3) is 2.34. The number of rotatable bonds is 2. The summed E-state index contributed by atoms with van der Waals surface area (Å²) < 4.78 is 8.11. The maximum atomic E-state index is 5.88. The quantitative estimate of drug-likeness (QED) is 0.908. The molecule has 0 aliphatic carbocycles. The van der Waals surface area contributed by atoms with E-state index in [0.29, 0.717) is 0 Å². The smallest absolute Gasteiger partial charge is 0.162 e. The molecule has 2 atom stereocenters. The summed E-state index contributed by atoms with van der Waals surface area (Å²) in [5.41, 5.74) is 1.18. The number of hydrogen-bond acceptors (Lipinski definition) is 5. The molecule has 2 aliphatic rings. The second-order valence-corrected chi connectivity index (χ2v) is 5.59. The molecule has 1 saturated heterocycles. The Morgan fingerprint density at radius 2 is 2.00 bits per heavy atom. The molecule has 2 unspecified atom stereocenters. The summed E-state index contributed by atoms with van der Waals surface area (Å²) in [7, 11) is 0. The predicted octanol–water partition coefficient (Wildman–Crippen LogP) is 1.61. The topological polar surface area (TPSA) is 64.9 Å². The highest BCUT2D eigenvalue weighted by Gasteiger charge is 2.30. The number of pyridine rings is 1. The molecule has 0 bridgehead atoms. The van der Waals surface area contributed by atoms with Crippen molar-refractivity contribution in [3.63, 3.8) is 0 Å². The van der Waals surface area contributed by atoms with Crippen molar-refractivity contribution in [3.8, 4) is 0 Å². The number of ether oxygens (including phenoxy) is 1. The van der Waals surface area contributed by atoms with E-state index in [-0.39, 0.29) is 12.1 Å². The number of fused-ring (bicyclic) bond motifs is 1. The second-order valence-electron chi connectivity index (χ2n) is 5.59. The molecule has 2 aromatic heterocycles. The molecule has 21 heavy (non-hydrogen) atoms. The van der Waals surface area contributed by atoms with Crippen molar-refractivity contribution in [2.75, 3.05) is 13.2 Å². The van der Waals surface area contributed by atoms with Gasteiger partial charge < -0.3 is 14.6 Å². The SMILES string of the molecule is c1cc(C2NCCn3c(C4CCCCO4)nnc32)ccn1. The van der Waals surface area contributed by atoms with Crippen molar-refractivity contribution in [1.82, 2.24) is 25.1 Å². The summed E-state index contributed by atoms with van der Waals surface area (Å²) >= 11 is 0. The van der Waals surface area contributed by atoms with E-state index in [1.54, 1.807) is 0 Å². The third-order valence-corrected chi connectivity index (χ3v) is 4.26. The minimum Gasteiger partial charge on any atom is -0.370 e. The molecule has 0 saturated carbocycles. The third-order valence-electron chi connectivity index (χ3n) is 4.26. The average molecular weight is 285 g/mol. The van der Waals surface area contributed by atoms with E-state index in [1.807, 2.05) is 24.5 Å². The van der Waals surface area contributed by atoms with Gasteiger partial charge in [-0.1, -0.05) is 0 Å². The fourth-order valence-corrected chi connectivity index (χ4v) is 3.19. The van der Waals surface area contributed by atoms with E-state index >= 15 is 0 Å². The Morgan fingerprint density at radius 1 is 1.14 bits per heavy atom. The molecule has 1 fully saturated rings. The van der Waals surface area contributed by atoms with E-state index in [0.717, 1.165) is 44.2 Å². The van der Waals surface area contributed by atoms with Gasteiger partial charge in [-0.2, -0.15) is 0 Å². The Balaban J connectivity index is 1.68. The zero-order valence-electron chi connectivity index (χ0n) is 11.9. The largest absolute Gasteiger partial charge is 0.370 e. The summed E-state index contributed by atoms with van der Waals surface area (Å²) in [5, 5.41) is 12.4. The van der Waals surface area contributed by atoms with Crippen LogP contribution in [0.3, 0.4) is 0 Å². The van der Waals surface area contributed by atoms with Crippen molar-refractivity contribution in [2.45, 2.75) is 38.0 Å². The predicted molar refractivity (Wildman–Crippen MR) is 76.6 cm³/mol. The molecule has 2 aliphatic heterocycles. The number of nitrogens with one attached hydrogen (secondary N) is 1. The van der Waals surface area contributed by atoms with Crippen LogP contribution in [0.1, 0.15) is 48.6 Å². The van der Waals surface area contributed by atoms with E-state index in [4.69, 9.17) is 4.74 Å². The minimum atomic E-state index is 0.0894. The van der Waals surface area contributed by atoms with Crippen LogP contribution in [0.25, 0.3) is 0 Å². The molecule has 0 spiro atoms. The number of hydrogen-bond donors (Lipinski definition) is 1. The normalized spacial score (nSPS) is 25.5. The summed E-state index contributed by atoms with van der Waals surface area (Å²) in [6, 6.07) is 4.14. The van der Waals surface area contributed by atoms with Crippen LogP contribution in [0.5, 0.6) is 0 Å². The van der Waals surface area contributed by atoms with Gasteiger partial charge in [0.15, 0.2) is 11.6 Å². The van der Waals surface area contributed by atoms with Crippen molar-refractivity contribution in [3.05, 3.63) is 41.7 Å². The molecule has 4 rings (SSSR count). The zero-order valence-corrected chi connectivity index (χ0v) is 11.9. The lowest BCUT2D eigenvalue weighted by Crippen LogP contribution is -2.35. The van der Waals surface area contributed by atoms with Crippen molar-refractivity contribution in [1.29, 1.82) is 0 Å². The average Bonchev–Trinajstić information content (AvgIpc) is 3.00. The minimum absolute atomic E-state index is 0.0894. The van der Waals surface area contributed by atoms with Gasteiger partial charge in [0.25, 0.3) is 0 Å². The van der Waals surface area contributed by atoms with Gasteiger partial charge in [0.2, 0.25) is 0 Å². The molecule has 1 N–H and O–H groups in total. The Bertz CT molecular complexity index is 606. The standard InChI is InChI=1S/C15H19N5O/c1-2-10-21-12(3-1)14-18-19-15-13(17-8-9-20(14)15)11-4-6-16-7-5-11/h4-7,12-13,17H,1-3,8-10H2. The molecule has 0 radical (unpaired) electrons. The highest BCUT2D eigenvalue weighted by Crippen LogP contribution is 2.30. The molecule has 0 aromatic carbocycles. The van der Waals surface area contributed by atoms with Crippen LogP contribution in [0.15, 0.2) is 24.5 Å². The summed E-state index contributed by atoms with van der Waals surface area (Å²) in [4.78, 5) is 4.08. The lowest BCUT2D eigenvalue weighted by Gasteiger charge is -2.28. The zero-order chi connectivity index (χ0) is 14.1. The first-order chi connectivity index (χ1) is 10.4. The molecule has 4 heterocycles. The van der Waals surface area contributed by atoms with Crippen LogP contribution >= 0.6 is 0 Å². The van der Waals surface area contributed by atoms with E-state index in [9.17, 15) is 0 Å². The molecule has 6 nitrogen and oxygen atoms in total. The number of nitrogens with zero attached hydrogens (tertiary/aromatic N) is 4. The van der Waals surface area contributed by atoms with E-state index in [2.05, 4.69) is 25.1 Å². The van der Waals surface area contributed by atoms with Crippen molar-refractivity contribution >= 4 is 0 Å². The van der Waals surface area contributed by atoms with E-state index in [1.165, 1.54) is 12.0 Å². The maximum absolute atomic E-state index is 5.88. The van der Waals surface area contributed by atoms with Crippen LogP contribution in [-0.4, -0.2) is 32.9 Å². The molecule has 6 heteroatoms. The molecule has 2 aromatic rings. The Labute approximate surface area is 123 Å². The number of aromatic nitrogens is 4. The fraction of sp³-hybridized carbons (Fsp3) is 0.533. The molecule has 110 valence electrons. The molecular formula is C15H19N5O. The van der Waals surface area contributed by atoms with Gasteiger partial charge in [0, 0.05) is 32.1 Å². The van der Waals surface area contributed by atoms with Gasteiger partial charge in [-0.25, -0.2) is 0 Å². The van der Waals surface area contributed by atoms with Crippen LogP contribution in [-0.2, 0) is 11.3 Å². The van der Waals surface area contributed by atoms with Gasteiger partial charge in [0.05, 0.1) is 6.04 Å². The van der Waals surface area contributed by atoms with Gasteiger partial charge in [0.1, 0.15) is 6.10 Å². The fourth-order valence-electron chi connectivity index (χ4n) is 3.19. The van der Waals surface area contributed by atoms with Gasteiger partial charge in [-0.15, -0.1) is 10.2 Å². The first-order valence-electron chi connectivity index (χ1n) is 7.61. The maximum Gasteiger partial charge on any atom is 0.162 e. The van der Waals surface area contributed by atoms with Crippen LogP contribution in [0, 0.1) is 0 Å². The van der Waals surface area contributed by atoms with Crippen molar-refractivity contribution in [2.24, 2.45) is 0 Å². The highest BCUT2D eigenvalue weighted by atomic mass is 16.5.